The van der Waals surface area contributed by atoms with E-state index in [0.717, 1.165) is 34.7 Å². The largest absolute Gasteiger partial charge is 0.507 e. The highest BCUT2D eigenvalue weighted by Gasteiger charge is 2.47. The van der Waals surface area contributed by atoms with E-state index in [4.69, 9.17) is 9.47 Å². The number of methoxy groups -OCH3 is 2. The smallest absolute Gasteiger partial charge is 0.416 e. The van der Waals surface area contributed by atoms with E-state index in [2.05, 4.69) is 0 Å². The summed E-state index contributed by atoms with van der Waals surface area (Å²) >= 11 is 0. The Hall–Kier alpha value is -4.27. The van der Waals surface area contributed by atoms with Crippen molar-refractivity contribution in [3.63, 3.8) is 0 Å². The third-order valence-electron chi connectivity index (χ3n) is 5.94. The summed E-state index contributed by atoms with van der Waals surface area (Å²) in [6.45, 7) is 1.79. The van der Waals surface area contributed by atoms with Gasteiger partial charge in [-0.05, 0) is 61.0 Å². The molecule has 1 saturated heterocycles. The molecule has 1 amide bonds. The van der Waals surface area contributed by atoms with Crippen LogP contribution >= 0.6 is 0 Å². The Labute approximate surface area is 205 Å². The number of hydrogen-bond donors (Lipinski definition) is 1. The van der Waals surface area contributed by atoms with Gasteiger partial charge >= 0.3 is 6.18 Å². The Morgan fingerprint density at radius 3 is 2.25 bits per heavy atom. The second-order valence-electron chi connectivity index (χ2n) is 8.19. The third kappa shape index (κ3) is 4.39. The van der Waals surface area contributed by atoms with E-state index >= 15 is 0 Å². The molecule has 0 saturated carbocycles. The summed E-state index contributed by atoms with van der Waals surface area (Å²) in [4.78, 5) is 27.6. The fraction of sp³-hybridized carbons (Fsp3) is 0.185. The molecule has 1 unspecified atom stereocenters. The molecule has 1 aliphatic heterocycles. The lowest BCUT2D eigenvalue weighted by atomic mass is 9.94. The maximum absolute atomic E-state index is 13.3. The van der Waals surface area contributed by atoms with Gasteiger partial charge in [-0.15, -0.1) is 0 Å². The first-order valence-corrected chi connectivity index (χ1v) is 10.8. The van der Waals surface area contributed by atoms with Crippen LogP contribution in [0.5, 0.6) is 11.5 Å². The minimum absolute atomic E-state index is 0.0631. The number of amides is 1. The number of rotatable bonds is 5. The van der Waals surface area contributed by atoms with E-state index in [0.29, 0.717) is 11.3 Å². The molecule has 1 heterocycles. The van der Waals surface area contributed by atoms with Gasteiger partial charge in [-0.1, -0.05) is 23.8 Å². The molecule has 1 atom stereocenters. The Bertz CT molecular complexity index is 1360. The molecular weight excluding hydrogens is 475 g/mol. The van der Waals surface area contributed by atoms with Crippen LogP contribution in [0, 0.1) is 6.92 Å². The van der Waals surface area contributed by atoms with Crippen molar-refractivity contribution in [1.29, 1.82) is 0 Å². The van der Waals surface area contributed by atoms with Crippen molar-refractivity contribution < 1.29 is 37.3 Å². The van der Waals surface area contributed by atoms with Crippen LogP contribution < -0.4 is 14.4 Å². The van der Waals surface area contributed by atoms with Crippen LogP contribution in [-0.4, -0.2) is 31.0 Å². The third-order valence-corrected chi connectivity index (χ3v) is 5.94. The Balaban J connectivity index is 1.96. The molecule has 9 heteroatoms. The molecule has 1 aliphatic rings. The van der Waals surface area contributed by atoms with Gasteiger partial charge in [0.05, 0.1) is 37.0 Å². The van der Waals surface area contributed by atoms with Gasteiger partial charge in [0, 0.05) is 5.69 Å². The van der Waals surface area contributed by atoms with E-state index < -0.39 is 35.2 Å². The summed E-state index contributed by atoms with van der Waals surface area (Å²) in [7, 11) is 2.85. The molecule has 3 aromatic carbocycles. The summed E-state index contributed by atoms with van der Waals surface area (Å²) in [5, 5.41) is 11.3. The molecular formula is C27H22F3NO5. The zero-order chi connectivity index (χ0) is 26.2. The molecule has 0 aliphatic carbocycles. The minimum Gasteiger partial charge on any atom is -0.507 e. The number of aryl methyl sites for hydroxylation is 1. The predicted molar refractivity (Wildman–Crippen MR) is 127 cm³/mol. The number of alkyl halides is 3. The highest BCUT2D eigenvalue weighted by atomic mass is 19.4. The molecule has 186 valence electrons. The lowest BCUT2D eigenvalue weighted by Crippen LogP contribution is -2.29. The molecule has 36 heavy (non-hydrogen) atoms. The molecule has 0 spiro atoms. The van der Waals surface area contributed by atoms with Gasteiger partial charge < -0.3 is 14.6 Å². The van der Waals surface area contributed by atoms with Crippen LogP contribution in [0.2, 0.25) is 0 Å². The molecule has 0 aromatic heterocycles. The van der Waals surface area contributed by atoms with Crippen molar-refractivity contribution >= 4 is 23.1 Å². The molecule has 1 N–H and O–H groups in total. The molecule has 3 aromatic rings. The summed E-state index contributed by atoms with van der Waals surface area (Å²) in [6, 6.07) is 14.3. The zero-order valence-corrected chi connectivity index (χ0v) is 19.6. The normalized spacial score (nSPS) is 17.4. The summed E-state index contributed by atoms with van der Waals surface area (Å²) in [6.07, 6.45) is -4.57. The number of carbonyl (C=O) groups is 2. The van der Waals surface area contributed by atoms with Crippen molar-refractivity contribution in [2.45, 2.75) is 19.1 Å². The van der Waals surface area contributed by atoms with E-state index in [-0.39, 0.29) is 22.6 Å². The highest BCUT2D eigenvalue weighted by Crippen LogP contribution is 2.44. The van der Waals surface area contributed by atoms with Crippen molar-refractivity contribution in [2.24, 2.45) is 0 Å². The number of aliphatic hydroxyl groups excluding tert-OH is 1. The van der Waals surface area contributed by atoms with E-state index in [1.807, 2.05) is 0 Å². The lowest BCUT2D eigenvalue weighted by molar-refractivity contribution is -0.137. The zero-order valence-electron chi connectivity index (χ0n) is 19.6. The number of hydrogen-bond acceptors (Lipinski definition) is 5. The number of Topliss-reactive ketones (excluding diaryl/α,β-unsaturated/α-hetero) is 1. The summed E-state index contributed by atoms with van der Waals surface area (Å²) < 4.78 is 50.0. The number of nitrogens with zero attached hydrogens (tertiary/aromatic N) is 1. The average Bonchev–Trinajstić information content (AvgIpc) is 3.13. The molecule has 4 rings (SSSR count). The number of halogens is 3. The molecule has 0 bridgehead atoms. The van der Waals surface area contributed by atoms with Crippen LogP contribution in [0.1, 0.15) is 28.3 Å². The number of benzene rings is 3. The van der Waals surface area contributed by atoms with Crippen LogP contribution in [0.15, 0.2) is 72.3 Å². The molecule has 1 fully saturated rings. The number of aliphatic hydroxyl groups is 1. The van der Waals surface area contributed by atoms with E-state index in [9.17, 15) is 27.9 Å². The van der Waals surface area contributed by atoms with Crippen LogP contribution in [0.4, 0.5) is 18.9 Å². The quantitative estimate of drug-likeness (QED) is 0.280. The number of anilines is 1. The maximum atomic E-state index is 13.3. The van der Waals surface area contributed by atoms with E-state index in [1.54, 1.807) is 49.4 Å². The van der Waals surface area contributed by atoms with Gasteiger partial charge in [-0.25, -0.2) is 0 Å². The highest BCUT2D eigenvalue weighted by molar-refractivity contribution is 6.51. The Kier molecular flexibility index (Phi) is 6.49. The lowest BCUT2D eigenvalue weighted by Gasteiger charge is -2.26. The number of carbonyl (C=O) groups excluding carboxylic acids is 2. The van der Waals surface area contributed by atoms with Gasteiger partial charge in [-0.2, -0.15) is 13.2 Å². The Morgan fingerprint density at radius 1 is 0.944 bits per heavy atom. The first kappa shape index (κ1) is 24.8. The van der Waals surface area contributed by atoms with Gasteiger partial charge in [0.15, 0.2) is 0 Å². The van der Waals surface area contributed by atoms with Crippen molar-refractivity contribution in [1.82, 2.24) is 0 Å². The second-order valence-corrected chi connectivity index (χ2v) is 8.19. The fourth-order valence-corrected chi connectivity index (χ4v) is 4.19. The SMILES string of the molecule is COc1cccc(C2/C(=C(\O)c3cc(C)ccc3OC)C(=O)C(=O)N2c2ccc(C(F)(F)F)cc2)c1. The van der Waals surface area contributed by atoms with Crippen LogP contribution in [-0.2, 0) is 15.8 Å². The predicted octanol–water partition coefficient (Wildman–Crippen LogP) is 5.66. The minimum atomic E-state index is -4.57. The van der Waals surface area contributed by atoms with E-state index in [1.165, 1.54) is 14.2 Å². The number of ketones is 1. The average molecular weight is 497 g/mol. The van der Waals surface area contributed by atoms with Gasteiger partial charge in [0.2, 0.25) is 0 Å². The summed E-state index contributed by atoms with van der Waals surface area (Å²) in [5.41, 5.74) is 0.333. The monoisotopic (exact) mass is 497 g/mol. The molecule has 6 nitrogen and oxygen atoms in total. The second kappa shape index (κ2) is 9.41. The van der Waals surface area contributed by atoms with Crippen molar-refractivity contribution in [2.75, 3.05) is 19.1 Å². The topological polar surface area (TPSA) is 76.1 Å². The maximum Gasteiger partial charge on any atom is 0.416 e. The first-order valence-electron chi connectivity index (χ1n) is 10.8. The van der Waals surface area contributed by atoms with Crippen molar-refractivity contribution in [3.05, 3.63) is 94.6 Å². The van der Waals surface area contributed by atoms with Crippen LogP contribution in [0.25, 0.3) is 5.76 Å². The van der Waals surface area contributed by atoms with Gasteiger partial charge in [0.25, 0.3) is 11.7 Å². The van der Waals surface area contributed by atoms with Crippen LogP contribution in [0.3, 0.4) is 0 Å². The van der Waals surface area contributed by atoms with Gasteiger partial charge in [0.1, 0.15) is 17.3 Å². The van der Waals surface area contributed by atoms with Crippen molar-refractivity contribution in [3.8, 4) is 11.5 Å². The Morgan fingerprint density at radius 2 is 1.64 bits per heavy atom. The fourth-order valence-electron chi connectivity index (χ4n) is 4.19. The van der Waals surface area contributed by atoms with Gasteiger partial charge in [-0.3, -0.25) is 14.5 Å². The molecule has 0 radical (unpaired) electrons. The first-order chi connectivity index (χ1) is 17.1. The number of ether oxygens (including phenoxy) is 2. The standard InChI is InChI=1S/C27H22F3NO5/c1-15-7-12-21(36-3)20(13-15)24(32)22-23(16-5-4-6-19(14-16)35-2)31(26(34)25(22)33)18-10-8-17(9-11-18)27(28,29)30/h4-14,23,32H,1-3H3/b24-22+. The summed E-state index contributed by atoms with van der Waals surface area (Å²) in [5.74, 6) is -1.72.